The number of hydrogen-bond acceptors (Lipinski definition) is 13. The van der Waals surface area contributed by atoms with Crippen molar-refractivity contribution >= 4 is 70.8 Å². The maximum atomic E-state index is 14.7. The van der Waals surface area contributed by atoms with E-state index in [9.17, 15) is 38.4 Å². The summed E-state index contributed by atoms with van der Waals surface area (Å²) in [4.78, 5) is 112. The summed E-state index contributed by atoms with van der Waals surface area (Å²) in [6.07, 6.45) is 0.400. The fourth-order valence-corrected chi connectivity index (χ4v) is 11.0. The van der Waals surface area contributed by atoms with Crippen LogP contribution in [0.4, 0.5) is 16.2 Å². The van der Waals surface area contributed by atoms with Crippen LogP contribution >= 0.6 is 0 Å². The molecule has 7 aromatic rings. The number of fused-ring (bicyclic) bond motifs is 6. The monoisotopic (exact) mass is 1260 g/mol. The van der Waals surface area contributed by atoms with Crippen LogP contribution in [0.5, 0.6) is 11.5 Å². The molecule has 7 aromatic carbocycles. The second kappa shape index (κ2) is 31.3. The Balaban J connectivity index is 1.00. The van der Waals surface area contributed by atoms with Crippen LogP contribution in [0.25, 0.3) is 0 Å². The van der Waals surface area contributed by atoms with E-state index in [1.54, 1.807) is 78.9 Å². The standard InChI is InChI=1S/C69H73N13O11/c1-74-60(84)46-27-30-49-52(38-46)69(93-65(49)89)50-31-28-47(77-61(85)53(24-14-34-75-66(70)71)80-63(87)55(36-43-18-8-3-9-19-43)79-59(83)33-26-42-16-6-2-7-17-42)39-57(50)92-58-40-48(29-32-51(58)69)78-62(86)54(25-15-35-76-67(72)73)81-64(88)56(37-44-20-10-4-11-21-44)82-68(90)91-41-45-22-12-5-13-23-45/h2-13,16-23,27-32,38-40,53-56H,14-15,24-26,33-37,41H2,1H3,(H,74,84)(H,77,85)(H,78,86)(H,79,83)(H,80,87)(H,81,88)(H,82,90)(H4,70,71,75)(H4,72,73,76). The fourth-order valence-electron chi connectivity index (χ4n) is 11.0. The molecule has 9 rings (SSSR count). The molecule has 480 valence electrons. The maximum Gasteiger partial charge on any atom is 0.408 e. The molecule has 2 heterocycles. The Hall–Kier alpha value is -11.6. The van der Waals surface area contributed by atoms with E-state index in [4.69, 9.17) is 36.5 Å². The summed E-state index contributed by atoms with van der Waals surface area (Å²) in [5.74, 6) is -4.65. The predicted molar refractivity (Wildman–Crippen MR) is 348 cm³/mol. The number of ether oxygens (including phenoxy) is 3. The number of anilines is 2. The number of alkyl carbamates (subject to hydrolysis) is 1. The molecule has 2 aliphatic heterocycles. The van der Waals surface area contributed by atoms with Crippen LogP contribution in [-0.4, -0.2) is 104 Å². The molecule has 7 amide bonds. The lowest BCUT2D eigenvalue weighted by atomic mass is 9.77. The summed E-state index contributed by atoms with van der Waals surface area (Å²) in [5.41, 5.74) is 14.1. The molecule has 0 radical (unpaired) electrons. The first-order valence-electron chi connectivity index (χ1n) is 30.3. The SMILES string of the molecule is CNC(=O)c1ccc2c(c1)C1(OC2=O)c2ccc(NC(=O)C(CCCNC(=N)N)NC(=O)C(Cc3ccccc3)NC(=O)CCc3ccccc3)cc2Oc2cc(NC(=O)C(CCCNC(=N)N)NC(=O)C(Cc3ccccc3)NC(=O)OCc3ccccc3)ccc21. The lowest BCUT2D eigenvalue weighted by molar-refractivity contribution is -0.131. The molecule has 5 atom stereocenters. The number of aryl methyl sites for hydroxylation is 1. The van der Waals surface area contributed by atoms with Crippen molar-refractivity contribution in [1.82, 2.24) is 37.2 Å². The van der Waals surface area contributed by atoms with Crippen LogP contribution in [0.1, 0.15) is 91.8 Å². The van der Waals surface area contributed by atoms with Gasteiger partial charge in [0.15, 0.2) is 17.5 Å². The van der Waals surface area contributed by atoms with E-state index < -0.39 is 71.4 Å². The molecule has 93 heavy (non-hydrogen) atoms. The highest BCUT2D eigenvalue weighted by Gasteiger charge is 2.54. The molecular weight excluding hydrogens is 1190 g/mol. The van der Waals surface area contributed by atoms with Gasteiger partial charge in [-0.3, -0.25) is 39.6 Å². The minimum atomic E-state index is -1.78. The average molecular weight is 1260 g/mol. The number of rotatable bonds is 28. The van der Waals surface area contributed by atoms with E-state index in [1.807, 2.05) is 72.8 Å². The normalized spacial score (nSPS) is 14.4. The summed E-state index contributed by atoms with van der Waals surface area (Å²) in [5, 5.41) is 40.4. The molecular formula is C69H73N13O11. The molecule has 0 aliphatic carbocycles. The Kier molecular flexibility index (Phi) is 22.1. The molecule has 0 saturated heterocycles. The number of esters is 1. The highest BCUT2D eigenvalue weighted by molar-refractivity contribution is 6.02. The predicted octanol–water partition coefficient (Wildman–Crippen LogP) is 5.89. The van der Waals surface area contributed by atoms with Gasteiger partial charge in [-0.05, 0) is 96.8 Å². The second-order valence-electron chi connectivity index (χ2n) is 22.2. The Morgan fingerprint density at radius 1 is 0.527 bits per heavy atom. The van der Waals surface area contributed by atoms with Gasteiger partial charge >= 0.3 is 12.1 Å². The van der Waals surface area contributed by atoms with Crippen LogP contribution in [0.3, 0.4) is 0 Å². The fraction of sp³-hybridized carbons (Fsp3) is 0.246. The largest absolute Gasteiger partial charge is 0.456 e. The number of benzene rings is 7. The summed E-state index contributed by atoms with van der Waals surface area (Å²) in [6, 6.07) is 45.6. The number of nitrogens with two attached hydrogens (primary N) is 2. The van der Waals surface area contributed by atoms with Gasteiger partial charge in [0.25, 0.3) is 5.91 Å². The molecule has 15 N–H and O–H groups in total. The zero-order valence-electron chi connectivity index (χ0n) is 51.0. The van der Waals surface area contributed by atoms with E-state index in [0.29, 0.717) is 23.1 Å². The van der Waals surface area contributed by atoms with Crippen molar-refractivity contribution in [3.8, 4) is 11.5 Å². The third-order valence-corrected chi connectivity index (χ3v) is 15.6. The van der Waals surface area contributed by atoms with Crippen molar-refractivity contribution in [3.05, 3.63) is 226 Å². The van der Waals surface area contributed by atoms with Crippen molar-refractivity contribution < 1.29 is 52.6 Å². The third-order valence-electron chi connectivity index (χ3n) is 15.6. The van der Waals surface area contributed by atoms with Gasteiger partial charge in [-0.25, -0.2) is 9.59 Å². The Bertz CT molecular complexity index is 3670. The Labute approximate surface area is 536 Å². The van der Waals surface area contributed by atoms with Crippen LogP contribution in [0.2, 0.25) is 0 Å². The van der Waals surface area contributed by atoms with Crippen molar-refractivity contribution in [2.45, 2.75) is 87.7 Å². The van der Waals surface area contributed by atoms with E-state index >= 15 is 0 Å². The Morgan fingerprint density at radius 2 is 1.00 bits per heavy atom. The molecule has 0 aromatic heterocycles. The van der Waals surface area contributed by atoms with E-state index in [0.717, 1.165) is 16.7 Å². The highest BCUT2D eigenvalue weighted by Crippen LogP contribution is 2.57. The van der Waals surface area contributed by atoms with Crippen molar-refractivity contribution in [2.75, 3.05) is 30.8 Å². The zero-order valence-corrected chi connectivity index (χ0v) is 51.0. The van der Waals surface area contributed by atoms with Crippen LogP contribution in [0, 0.1) is 10.8 Å². The zero-order chi connectivity index (χ0) is 65.9. The smallest absolute Gasteiger partial charge is 0.408 e. The lowest BCUT2D eigenvalue weighted by Gasteiger charge is -2.37. The minimum absolute atomic E-state index is 0.0288. The van der Waals surface area contributed by atoms with Gasteiger partial charge in [0, 0.05) is 85.2 Å². The summed E-state index contributed by atoms with van der Waals surface area (Å²) in [7, 11) is 1.47. The maximum absolute atomic E-state index is 14.7. The van der Waals surface area contributed by atoms with E-state index in [-0.39, 0.29) is 122 Å². The second-order valence-corrected chi connectivity index (χ2v) is 22.2. The molecule has 5 unspecified atom stereocenters. The molecule has 24 heteroatoms. The van der Waals surface area contributed by atoms with E-state index in [1.165, 1.54) is 31.3 Å². The summed E-state index contributed by atoms with van der Waals surface area (Å²) in [6.45, 7) is 0.290. The van der Waals surface area contributed by atoms with Crippen LogP contribution in [0.15, 0.2) is 176 Å². The van der Waals surface area contributed by atoms with Crippen molar-refractivity contribution in [3.63, 3.8) is 0 Å². The molecule has 0 saturated carbocycles. The topological polar surface area (TPSA) is 372 Å². The van der Waals surface area contributed by atoms with Gasteiger partial charge in [0.1, 0.15) is 42.3 Å². The number of hydrogen-bond donors (Lipinski definition) is 13. The van der Waals surface area contributed by atoms with Gasteiger partial charge in [0.05, 0.1) is 5.56 Å². The van der Waals surface area contributed by atoms with Gasteiger partial charge in [-0.2, -0.15) is 0 Å². The van der Waals surface area contributed by atoms with Crippen LogP contribution < -0.4 is 64.1 Å². The first-order chi connectivity index (χ1) is 45.0. The highest BCUT2D eigenvalue weighted by atomic mass is 16.6. The van der Waals surface area contributed by atoms with Crippen LogP contribution in [-0.2, 0) is 64.9 Å². The Morgan fingerprint density at radius 3 is 1.48 bits per heavy atom. The first kappa shape index (κ1) is 65.9. The molecule has 24 nitrogen and oxygen atoms in total. The summed E-state index contributed by atoms with van der Waals surface area (Å²) >= 11 is 0. The number of guanidine groups is 2. The first-order valence-corrected chi connectivity index (χ1v) is 30.3. The number of carbonyl (C=O) groups is 8. The molecule has 2 aliphatic rings. The van der Waals surface area contributed by atoms with Gasteiger partial charge < -0.3 is 73.5 Å². The average Bonchev–Trinajstić information content (AvgIpc) is 1.62. The number of amides is 7. The molecule has 0 fully saturated rings. The molecule has 0 bridgehead atoms. The van der Waals surface area contributed by atoms with Crippen molar-refractivity contribution in [1.29, 1.82) is 10.8 Å². The lowest BCUT2D eigenvalue weighted by Crippen LogP contribution is -2.53. The van der Waals surface area contributed by atoms with Gasteiger partial charge in [0.2, 0.25) is 29.5 Å². The third kappa shape index (κ3) is 17.4. The number of carbonyl (C=O) groups excluding carboxylic acids is 8. The minimum Gasteiger partial charge on any atom is -0.456 e. The number of nitrogens with one attached hydrogen (secondary N) is 11. The van der Waals surface area contributed by atoms with E-state index in [2.05, 4.69) is 47.9 Å². The van der Waals surface area contributed by atoms with Gasteiger partial charge in [-0.1, -0.05) is 121 Å². The van der Waals surface area contributed by atoms with Gasteiger partial charge in [-0.15, -0.1) is 0 Å². The summed E-state index contributed by atoms with van der Waals surface area (Å²) < 4.78 is 18.6. The quantitative estimate of drug-likeness (QED) is 0.0118. The molecule has 1 spiro atoms. The van der Waals surface area contributed by atoms with Crippen molar-refractivity contribution in [2.24, 2.45) is 11.5 Å².